The highest BCUT2D eigenvalue weighted by Gasteiger charge is 2.44. The van der Waals surface area contributed by atoms with E-state index >= 15 is 0 Å². The largest absolute Gasteiger partial charge is 0.465 e. The standard InChI is InChI=1S/C21H20ClN3O5S/c1-30-20(27)16-4-2-3-5-17(16)31(28,29)25-12-10-21(11-13-25)23-18(19(26)24-21)14-6-8-15(22)9-7-14/h2-9H,10-13H2,1H3,(H,24,26). The molecule has 2 aliphatic heterocycles. The Morgan fingerprint density at radius 1 is 1.13 bits per heavy atom. The molecule has 1 spiro atoms. The zero-order valence-corrected chi connectivity index (χ0v) is 18.2. The molecule has 8 nitrogen and oxygen atoms in total. The van der Waals surface area contributed by atoms with Crippen molar-refractivity contribution in [3.63, 3.8) is 0 Å². The lowest BCUT2D eigenvalue weighted by atomic mass is 10.00. The van der Waals surface area contributed by atoms with E-state index < -0.39 is 21.7 Å². The third-order valence-electron chi connectivity index (χ3n) is 5.46. The molecule has 0 bridgehead atoms. The van der Waals surface area contributed by atoms with Gasteiger partial charge in [-0.15, -0.1) is 0 Å². The zero-order valence-electron chi connectivity index (χ0n) is 16.7. The summed E-state index contributed by atoms with van der Waals surface area (Å²) in [5.41, 5.74) is 0.104. The van der Waals surface area contributed by atoms with E-state index in [1.54, 1.807) is 36.4 Å². The number of hydrogen-bond acceptors (Lipinski definition) is 6. The van der Waals surface area contributed by atoms with Gasteiger partial charge in [0, 0.05) is 36.5 Å². The lowest BCUT2D eigenvalue weighted by molar-refractivity contribution is -0.115. The maximum Gasteiger partial charge on any atom is 0.339 e. The van der Waals surface area contributed by atoms with E-state index in [0.717, 1.165) is 0 Å². The lowest BCUT2D eigenvalue weighted by Gasteiger charge is -2.36. The quantitative estimate of drug-likeness (QED) is 0.703. The van der Waals surface area contributed by atoms with Crippen LogP contribution in [0.3, 0.4) is 0 Å². The van der Waals surface area contributed by atoms with Crippen LogP contribution < -0.4 is 5.32 Å². The molecule has 31 heavy (non-hydrogen) atoms. The Morgan fingerprint density at radius 2 is 1.77 bits per heavy atom. The maximum absolute atomic E-state index is 13.2. The van der Waals surface area contributed by atoms with Gasteiger partial charge in [-0.05, 0) is 24.3 Å². The van der Waals surface area contributed by atoms with Gasteiger partial charge in [0.05, 0.1) is 17.6 Å². The highest BCUT2D eigenvalue weighted by atomic mass is 35.5. The van der Waals surface area contributed by atoms with Crippen molar-refractivity contribution < 1.29 is 22.7 Å². The summed E-state index contributed by atoms with van der Waals surface area (Å²) >= 11 is 5.91. The number of carbonyl (C=O) groups excluding carboxylic acids is 2. The number of amides is 1. The number of methoxy groups -OCH3 is 1. The number of esters is 1. The maximum atomic E-state index is 13.2. The number of piperidine rings is 1. The van der Waals surface area contributed by atoms with Crippen LogP contribution in [0.15, 0.2) is 58.4 Å². The van der Waals surface area contributed by atoms with E-state index in [0.29, 0.717) is 29.1 Å². The summed E-state index contributed by atoms with van der Waals surface area (Å²) in [7, 11) is -2.72. The highest BCUT2D eigenvalue weighted by Crippen LogP contribution is 2.32. The fourth-order valence-electron chi connectivity index (χ4n) is 3.81. The van der Waals surface area contributed by atoms with Gasteiger partial charge in [-0.2, -0.15) is 4.31 Å². The summed E-state index contributed by atoms with van der Waals surface area (Å²) in [5, 5.41) is 3.47. The first-order valence-corrected chi connectivity index (χ1v) is 11.4. The number of ether oxygens (including phenoxy) is 1. The summed E-state index contributed by atoms with van der Waals surface area (Å²) in [6.45, 7) is 0.297. The Kier molecular flexibility index (Phi) is 5.59. The first-order chi connectivity index (χ1) is 14.8. The fourth-order valence-corrected chi connectivity index (χ4v) is 5.56. The minimum atomic E-state index is -3.92. The number of halogens is 1. The molecule has 1 N–H and O–H groups in total. The van der Waals surface area contributed by atoms with Crippen LogP contribution >= 0.6 is 11.6 Å². The summed E-state index contributed by atoms with van der Waals surface area (Å²) in [6.07, 6.45) is 0.630. The van der Waals surface area contributed by atoms with Crippen LogP contribution in [-0.2, 0) is 19.6 Å². The molecule has 0 unspecified atom stereocenters. The van der Waals surface area contributed by atoms with Crippen molar-refractivity contribution in [3.05, 3.63) is 64.7 Å². The van der Waals surface area contributed by atoms with E-state index in [1.807, 2.05) is 0 Å². The second-order valence-corrected chi connectivity index (χ2v) is 9.69. The first kappa shape index (κ1) is 21.5. The average Bonchev–Trinajstić information content (AvgIpc) is 3.09. The molecular formula is C21H20ClN3O5S. The van der Waals surface area contributed by atoms with Gasteiger partial charge in [0.2, 0.25) is 10.0 Å². The Balaban J connectivity index is 1.56. The van der Waals surface area contributed by atoms with Gasteiger partial charge in [0.1, 0.15) is 11.4 Å². The predicted molar refractivity (Wildman–Crippen MR) is 115 cm³/mol. The first-order valence-electron chi connectivity index (χ1n) is 9.62. The molecule has 162 valence electrons. The summed E-state index contributed by atoms with van der Waals surface area (Å²) in [5.74, 6) is -1.01. The number of sulfonamides is 1. The van der Waals surface area contributed by atoms with Gasteiger partial charge in [-0.3, -0.25) is 9.79 Å². The van der Waals surface area contributed by atoms with Gasteiger partial charge < -0.3 is 10.1 Å². The second kappa shape index (κ2) is 8.07. The van der Waals surface area contributed by atoms with E-state index in [-0.39, 0.29) is 29.5 Å². The molecule has 1 fully saturated rings. The molecule has 0 saturated carbocycles. The van der Waals surface area contributed by atoms with E-state index in [1.165, 1.54) is 23.5 Å². The summed E-state index contributed by atoms with van der Waals surface area (Å²) in [6, 6.07) is 12.8. The van der Waals surface area contributed by atoms with Crippen LogP contribution in [0.5, 0.6) is 0 Å². The topological polar surface area (TPSA) is 105 Å². The van der Waals surface area contributed by atoms with Crippen molar-refractivity contribution in [3.8, 4) is 0 Å². The van der Waals surface area contributed by atoms with Crippen LogP contribution in [0, 0.1) is 0 Å². The number of benzene rings is 2. The van der Waals surface area contributed by atoms with Gasteiger partial charge in [-0.1, -0.05) is 35.9 Å². The molecule has 1 saturated heterocycles. The van der Waals surface area contributed by atoms with Crippen LogP contribution in [0.25, 0.3) is 0 Å². The van der Waals surface area contributed by atoms with Gasteiger partial charge in [0.25, 0.3) is 5.91 Å². The van der Waals surface area contributed by atoms with Crippen molar-refractivity contribution in [1.29, 1.82) is 0 Å². The third kappa shape index (κ3) is 3.96. The van der Waals surface area contributed by atoms with Crippen molar-refractivity contribution in [2.24, 2.45) is 4.99 Å². The predicted octanol–water partition coefficient (Wildman–Crippen LogP) is 2.23. The zero-order chi connectivity index (χ0) is 22.2. The van der Waals surface area contributed by atoms with Crippen molar-refractivity contribution in [2.45, 2.75) is 23.4 Å². The van der Waals surface area contributed by atoms with Gasteiger partial charge in [-0.25, -0.2) is 13.2 Å². The lowest BCUT2D eigenvalue weighted by Crippen LogP contribution is -2.52. The Labute approximate surface area is 184 Å². The van der Waals surface area contributed by atoms with E-state index in [2.05, 4.69) is 10.3 Å². The SMILES string of the molecule is COC(=O)c1ccccc1S(=O)(=O)N1CCC2(CC1)N=C(c1ccc(Cl)cc1)C(=O)N2. The van der Waals surface area contributed by atoms with Crippen molar-refractivity contribution >= 4 is 39.2 Å². The Bertz CT molecular complexity index is 1170. The molecule has 2 aliphatic rings. The smallest absolute Gasteiger partial charge is 0.339 e. The minimum absolute atomic E-state index is 0.0116. The van der Waals surface area contributed by atoms with Crippen LogP contribution in [0.2, 0.25) is 5.02 Å². The van der Waals surface area contributed by atoms with E-state index in [4.69, 9.17) is 16.3 Å². The fraction of sp³-hybridized carbons (Fsp3) is 0.286. The van der Waals surface area contributed by atoms with Gasteiger partial charge >= 0.3 is 5.97 Å². The van der Waals surface area contributed by atoms with Crippen molar-refractivity contribution in [1.82, 2.24) is 9.62 Å². The Hall–Kier alpha value is -2.75. The second-order valence-electron chi connectivity index (χ2n) is 7.34. The Morgan fingerprint density at radius 3 is 2.42 bits per heavy atom. The average molecular weight is 462 g/mol. The normalized spacial score (nSPS) is 18.5. The molecule has 0 radical (unpaired) electrons. The number of aliphatic imine (C=N–C) groups is 1. The molecule has 0 aliphatic carbocycles. The third-order valence-corrected chi connectivity index (χ3v) is 7.67. The van der Waals surface area contributed by atoms with Crippen LogP contribution in [-0.4, -0.2) is 56.2 Å². The van der Waals surface area contributed by atoms with Crippen molar-refractivity contribution in [2.75, 3.05) is 20.2 Å². The number of nitrogens with one attached hydrogen (secondary N) is 1. The minimum Gasteiger partial charge on any atom is -0.465 e. The molecule has 0 aromatic heterocycles. The number of nitrogens with zero attached hydrogens (tertiary/aromatic N) is 2. The summed E-state index contributed by atoms with van der Waals surface area (Å²) < 4.78 is 32.4. The molecular weight excluding hydrogens is 442 g/mol. The monoisotopic (exact) mass is 461 g/mol. The molecule has 2 aromatic rings. The highest BCUT2D eigenvalue weighted by molar-refractivity contribution is 7.89. The summed E-state index contributed by atoms with van der Waals surface area (Å²) in [4.78, 5) is 29.1. The number of hydrogen-bond donors (Lipinski definition) is 1. The number of carbonyl (C=O) groups is 2. The molecule has 2 aromatic carbocycles. The van der Waals surface area contributed by atoms with Gasteiger partial charge in [0.15, 0.2) is 0 Å². The van der Waals surface area contributed by atoms with Crippen LogP contribution in [0.4, 0.5) is 0 Å². The molecule has 2 heterocycles. The molecule has 10 heteroatoms. The van der Waals surface area contributed by atoms with Crippen LogP contribution in [0.1, 0.15) is 28.8 Å². The molecule has 4 rings (SSSR count). The molecule has 0 atom stereocenters. The van der Waals surface area contributed by atoms with E-state index in [9.17, 15) is 18.0 Å². The number of rotatable bonds is 4. The molecule has 1 amide bonds.